The Bertz CT molecular complexity index is 349. The summed E-state index contributed by atoms with van der Waals surface area (Å²) in [7, 11) is 3.28. The summed E-state index contributed by atoms with van der Waals surface area (Å²) in [4.78, 5) is 0. The summed E-state index contributed by atoms with van der Waals surface area (Å²) < 4.78 is 24.0. The Kier molecular flexibility index (Phi) is 6.65. The molecule has 0 saturated carbocycles. The van der Waals surface area contributed by atoms with E-state index in [0.717, 1.165) is 5.56 Å². The maximum atomic E-state index is 13.2. The zero-order valence-electron chi connectivity index (χ0n) is 10.0. The van der Waals surface area contributed by atoms with Crippen LogP contribution < -0.4 is 5.32 Å². The average molecular weight is 306 g/mol. The molecule has 0 heterocycles. The molecule has 1 atom stereocenters. The summed E-state index contributed by atoms with van der Waals surface area (Å²) in [6.07, 6.45) is 0.00679. The van der Waals surface area contributed by atoms with E-state index in [4.69, 9.17) is 9.47 Å². The SMILES string of the molecule is COCC(CNCc1cccc(F)c1Br)OC. The van der Waals surface area contributed by atoms with E-state index < -0.39 is 0 Å². The van der Waals surface area contributed by atoms with Gasteiger partial charge in [0.2, 0.25) is 0 Å². The van der Waals surface area contributed by atoms with Crippen LogP contribution in [0.5, 0.6) is 0 Å². The van der Waals surface area contributed by atoms with E-state index in [-0.39, 0.29) is 11.9 Å². The number of ether oxygens (including phenoxy) is 2. The number of hydrogen-bond acceptors (Lipinski definition) is 3. The molecule has 0 aliphatic heterocycles. The molecule has 0 aromatic heterocycles. The summed E-state index contributed by atoms with van der Waals surface area (Å²) in [6, 6.07) is 4.99. The predicted molar refractivity (Wildman–Crippen MR) is 68.5 cm³/mol. The molecular formula is C12H17BrFNO2. The van der Waals surface area contributed by atoms with Crippen molar-refractivity contribution in [2.75, 3.05) is 27.4 Å². The Morgan fingerprint density at radius 2 is 2.18 bits per heavy atom. The maximum absolute atomic E-state index is 13.2. The minimum absolute atomic E-state index is 0.00679. The second-order valence-corrected chi connectivity index (χ2v) is 4.45. The highest BCUT2D eigenvalue weighted by atomic mass is 79.9. The van der Waals surface area contributed by atoms with Gasteiger partial charge < -0.3 is 14.8 Å². The first-order valence-electron chi connectivity index (χ1n) is 5.34. The van der Waals surface area contributed by atoms with Gasteiger partial charge in [-0.3, -0.25) is 0 Å². The minimum atomic E-state index is -0.246. The summed E-state index contributed by atoms with van der Waals surface area (Å²) in [6.45, 7) is 1.78. The van der Waals surface area contributed by atoms with Gasteiger partial charge >= 0.3 is 0 Å². The zero-order chi connectivity index (χ0) is 12.7. The molecule has 3 nitrogen and oxygen atoms in total. The molecular weight excluding hydrogens is 289 g/mol. The third-order valence-electron chi connectivity index (χ3n) is 2.40. The highest BCUT2D eigenvalue weighted by molar-refractivity contribution is 9.10. The first-order valence-corrected chi connectivity index (χ1v) is 6.13. The van der Waals surface area contributed by atoms with Crippen molar-refractivity contribution in [3.8, 4) is 0 Å². The van der Waals surface area contributed by atoms with Crippen LogP contribution in [-0.4, -0.2) is 33.5 Å². The van der Waals surface area contributed by atoms with Crippen molar-refractivity contribution in [2.45, 2.75) is 12.6 Å². The number of nitrogens with one attached hydrogen (secondary N) is 1. The molecule has 1 unspecified atom stereocenters. The van der Waals surface area contributed by atoms with Gasteiger partial charge in [0.05, 0.1) is 17.2 Å². The van der Waals surface area contributed by atoms with E-state index in [1.165, 1.54) is 6.07 Å². The summed E-state index contributed by atoms with van der Waals surface area (Å²) in [5.74, 6) is -0.246. The highest BCUT2D eigenvalue weighted by Crippen LogP contribution is 2.19. The number of rotatable bonds is 7. The maximum Gasteiger partial charge on any atom is 0.137 e. The molecule has 0 radical (unpaired) electrons. The van der Waals surface area contributed by atoms with Gasteiger partial charge in [-0.05, 0) is 27.6 Å². The van der Waals surface area contributed by atoms with Gasteiger partial charge in [0.1, 0.15) is 5.82 Å². The number of hydrogen-bond donors (Lipinski definition) is 1. The lowest BCUT2D eigenvalue weighted by Gasteiger charge is -2.15. The van der Waals surface area contributed by atoms with Gasteiger partial charge in [-0.25, -0.2) is 4.39 Å². The normalized spacial score (nSPS) is 12.7. The summed E-state index contributed by atoms with van der Waals surface area (Å²) in [5, 5.41) is 3.20. The van der Waals surface area contributed by atoms with Crippen molar-refractivity contribution >= 4 is 15.9 Å². The van der Waals surface area contributed by atoms with Gasteiger partial charge in [0.15, 0.2) is 0 Å². The smallest absolute Gasteiger partial charge is 0.137 e. The van der Waals surface area contributed by atoms with Crippen LogP contribution in [0.15, 0.2) is 22.7 Å². The minimum Gasteiger partial charge on any atom is -0.382 e. The Balaban J connectivity index is 2.42. The van der Waals surface area contributed by atoms with Crippen LogP contribution in [0.4, 0.5) is 4.39 Å². The fourth-order valence-electron chi connectivity index (χ4n) is 1.45. The Morgan fingerprint density at radius 1 is 1.41 bits per heavy atom. The van der Waals surface area contributed by atoms with Crippen LogP contribution in [-0.2, 0) is 16.0 Å². The van der Waals surface area contributed by atoms with E-state index in [0.29, 0.717) is 24.2 Å². The molecule has 96 valence electrons. The van der Waals surface area contributed by atoms with Crippen LogP contribution in [0.2, 0.25) is 0 Å². The monoisotopic (exact) mass is 305 g/mol. The predicted octanol–water partition coefficient (Wildman–Crippen LogP) is 2.34. The van der Waals surface area contributed by atoms with E-state index in [1.54, 1.807) is 20.3 Å². The fourth-order valence-corrected chi connectivity index (χ4v) is 1.85. The zero-order valence-corrected chi connectivity index (χ0v) is 11.6. The second kappa shape index (κ2) is 7.76. The summed E-state index contributed by atoms with van der Waals surface area (Å²) >= 11 is 3.22. The Labute approximate surface area is 109 Å². The molecule has 1 aromatic rings. The average Bonchev–Trinajstić information content (AvgIpc) is 2.33. The number of methoxy groups -OCH3 is 2. The number of benzene rings is 1. The van der Waals surface area contributed by atoms with Crippen molar-refractivity contribution in [3.63, 3.8) is 0 Å². The molecule has 1 rings (SSSR count). The van der Waals surface area contributed by atoms with Gasteiger partial charge in [0.25, 0.3) is 0 Å². The largest absolute Gasteiger partial charge is 0.382 e. The molecule has 0 aliphatic carbocycles. The van der Waals surface area contributed by atoms with E-state index >= 15 is 0 Å². The van der Waals surface area contributed by atoms with Crippen LogP contribution in [0.25, 0.3) is 0 Å². The van der Waals surface area contributed by atoms with Crippen LogP contribution in [0, 0.1) is 5.82 Å². The van der Waals surface area contributed by atoms with Crippen LogP contribution in [0.1, 0.15) is 5.56 Å². The molecule has 0 fully saturated rings. The molecule has 1 aromatic carbocycles. The lowest BCUT2D eigenvalue weighted by Crippen LogP contribution is -2.31. The standard InChI is InChI=1S/C12H17BrFNO2/c1-16-8-10(17-2)7-15-6-9-4-3-5-11(14)12(9)13/h3-5,10,15H,6-8H2,1-2H3. The molecule has 5 heteroatoms. The summed E-state index contributed by atoms with van der Waals surface area (Å²) in [5.41, 5.74) is 0.886. The fraction of sp³-hybridized carbons (Fsp3) is 0.500. The Morgan fingerprint density at radius 3 is 2.82 bits per heavy atom. The molecule has 0 amide bonds. The van der Waals surface area contributed by atoms with Crippen molar-refractivity contribution < 1.29 is 13.9 Å². The first kappa shape index (κ1) is 14.6. The van der Waals surface area contributed by atoms with E-state index in [9.17, 15) is 4.39 Å². The van der Waals surface area contributed by atoms with Crippen molar-refractivity contribution in [3.05, 3.63) is 34.1 Å². The van der Waals surface area contributed by atoms with Gasteiger partial charge in [0, 0.05) is 27.3 Å². The molecule has 0 bridgehead atoms. The molecule has 0 aliphatic rings. The molecule has 17 heavy (non-hydrogen) atoms. The van der Waals surface area contributed by atoms with Crippen molar-refractivity contribution in [2.24, 2.45) is 0 Å². The molecule has 0 spiro atoms. The molecule has 0 saturated heterocycles. The number of halogens is 2. The quantitative estimate of drug-likeness (QED) is 0.839. The van der Waals surface area contributed by atoms with Crippen LogP contribution in [0.3, 0.4) is 0 Å². The highest BCUT2D eigenvalue weighted by Gasteiger charge is 2.08. The Hall–Kier alpha value is -0.490. The third kappa shape index (κ3) is 4.71. The lowest BCUT2D eigenvalue weighted by molar-refractivity contribution is 0.0288. The van der Waals surface area contributed by atoms with Crippen LogP contribution >= 0.6 is 15.9 Å². The second-order valence-electron chi connectivity index (χ2n) is 3.66. The van der Waals surface area contributed by atoms with Gasteiger partial charge in [-0.15, -0.1) is 0 Å². The third-order valence-corrected chi connectivity index (χ3v) is 3.29. The van der Waals surface area contributed by atoms with E-state index in [2.05, 4.69) is 21.2 Å². The topological polar surface area (TPSA) is 30.5 Å². The lowest BCUT2D eigenvalue weighted by atomic mass is 10.2. The van der Waals surface area contributed by atoms with Gasteiger partial charge in [-0.1, -0.05) is 12.1 Å². The molecule has 1 N–H and O–H groups in total. The van der Waals surface area contributed by atoms with Gasteiger partial charge in [-0.2, -0.15) is 0 Å². The first-order chi connectivity index (χ1) is 8.19. The van der Waals surface area contributed by atoms with Crippen molar-refractivity contribution in [1.29, 1.82) is 0 Å². The van der Waals surface area contributed by atoms with Crippen molar-refractivity contribution in [1.82, 2.24) is 5.32 Å². The van der Waals surface area contributed by atoms with E-state index in [1.807, 2.05) is 6.07 Å².